The molecule has 0 saturated heterocycles. The second-order valence-corrected chi connectivity index (χ2v) is 13.5. The van der Waals surface area contributed by atoms with Gasteiger partial charge in [0.25, 0.3) is 0 Å². The van der Waals surface area contributed by atoms with E-state index in [1.165, 1.54) is 27.8 Å². The fraction of sp³-hybridized carbons (Fsp3) is 0.0612. The van der Waals surface area contributed by atoms with Crippen LogP contribution in [0.5, 0.6) is 0 Å². The molecule has 1 heterocycles. The quantitative estimate of drug-likeness (QED) is 0.174. The summed E-state index contributed by atoms with van der Waals surface area (Å²) in [7, 11) is 0. The van der Waals surface area contributed by atoms with Gasteiger partial charge in [0.1, 0.15) is 11.2 Å². The number of benzene rings is 7. The van der Waals surface area contributed by atoms with E-state index in [0.717, 1.165) is 50.4 Å². The van der Waals surface area contributed by atoms with Crippen LogP contribution in [0.1, 0.15) is 18.4 Å². The Bertz CT molecular complexity index is 2540. The molecule has 2 unspecified atom stereocenters. The lowest BCUT2D eigenvalue weighted by Crippen LogP contribution is -2.09. The molecule has 0 bridgehead atoms. The van der Waals surface area contributed by atoms with Crippen LogP contribution < -0.4 is 10.2 Å². The molecule has 0 radical (unpaired) electrons. The maximum absolute atomic E-state index is 6.18. The second kappa shape index (κ2) is 13.6. The number of rotatable bonds is 8. The molecule has 0 spiro atoms. The first-order chi connectivity index (χ1) is 25.7. The van der Waals surface area contributed by atoms with E-state index < -0.39 is 0 Å². The Morgan fingerprint density at radius 2 is 1.04 bits per heavy atom. The Balaban J connectivity index is 1.02. The molecular weight excluding hydrogens is 633 g/mol. The van der Waals surface area contributed by atoms with Crippen molar-refractivity contribution in [3.63, 3.8) is 0 Å². The number of nitrogens with one attached hydrogen (secondary N) is 1. The molecule has 7 aromatic carbocycles. The Hall–Kier alpha value is -6.58. The van der Waals surface area contributed by atoms with Crippen LogP contribution in [-0.4, -0.2) is 0 Å². The van der Waals surface area contributed by atoms with Crippen LogP contribution in [0.25, 0.3) is 44.2 Å². The number of furan rings is 1. The minimum Gasteiger partial charge on any atom is -0.456 e. The summed E-state index contributed by atoms with van der Waals surface area (Å²) in [4.78, 5) is 2.32. The first-order valence-electron chi connectivity index (χ1n) is 18.0. The van der Waals surface area contributed by atoms with Gasteiger partial charge in [0, 0.05) is 45.1 Å². The molecule has 1 aromatic heterocycles. The van der Waals surface area contributed by atoms with Gasteiger partial charge in [-0.1, -0.05) is 134 Å². The summed E-state index contributed by atoms with van der Waals surface area (Å²) in [6, 6.07) is 60.3. The smallest absolute Gasteiger partial charge is 0.135 e. The molecule has 8 aromatic rings. The van der Waals surface area contributed by atoms with Crippen LogP contribution in [0, 0.1) is 5.92 Å². The van der Waals surface area contributed by atoms with Crippen molar-refractivity contribution in [2.24, 2.45) is 5.92 Å². The number of hydrogen-bond acceptors (Lipinski definition) is 3. The summed E-state index contributed by atoms with van der Waals surface area (Å²) >= 11 is 0. The molecule has 1 aliphatic carbocycles. The van der Waals surface area contributed by atoms with E-state index in [9.17, 15) is 0 Å². The molecule has 250 valence electrons. The van der Waals surface area contributed by atoms with Crippen molar-refractivity contribution in [1.82, 2.24) is 0 Å². The summed E-state index contributed by atoms with van der Waals surface area (Å²) in [5.41, 5.74) is 13.3. The first kappa shape index (κ1) is 31.4. The lowest BCUT2D eigenvalue weighted by atomic mass is 9.83. The summed E-state index contributed by atoms with van der Waals surface area (Å²) in [6.07, 6.45) is 8.88. The molecule has 1 N–H and O–H groups in total. The third-order valence-corrected chi connectivity index (χ3v) is 10.2. The number of fused-ring (bicyclic) bond motifs is 3. The molecule has 0 saturated carbocycles. The monoisotopic (exact) mass is 670 g/mol. The van der Waals surface area contributed by atoms with Crippen molar-refractivity contribution < 1.29 is 4.42 Å². The van der Waals surface area contributed by atoms with Gasteiger partial charge >= 0.3 is 0 Å². The van der Waals surface area contributed by atoms with Gasteiger partial charge in [-0.25, -0.2) is 0 Å². The van der Waals surface area contributed by atoms with Gasteiger partial charge in [0.05, 0.1) is 0 Å². The first-order valence-corrected chi connectivity index (χ1v) is 18.0. The normalized spacial score (nSPS) is 15.2. The van der Waals surface area contributed by atoms with E-state index in [1.807, 2.05) is 12.1 Å². The molecule has 0 aliphatic heterocycles. The van der Waals surface area contributed by atoms with Gasteiger partial charge in [-0.15, -0.1) is 0 Å². The zero-order valence-electron chi connectivity index (χ0n) is 29.0. The number of allylic oxidation sites excluding steroid dienone is 4. The van der Waals surface area contributed by atoms with Crippen molar-refractivity contribution in [3.05, 3.63) is 200 Å². The van der Waals surface area contributed by atoms with E-state index in [1.54, 1.807) is 0 Å². The number of nitrogens with zero attached hydrogens (tertiary/aromatic N) is 1. The highest BCUT2D eigenvalue weighted by atomic mass is 16.3. The molecule has 2 atom stereocenters. The van der Waals surface area contributed by atoms with Crippen molar-refractivity contribution in [3.8, 4) is 22.3 Å². The molecule has 1 aliphatic rings. The second-order valence-electron chi connectivity index (χ2n) is 13.5. The van der Waals surface area contributed by atoms with Crippen molar-refractivity contribution >= 4 is 50.4 Å². The van der Waals surface area contributed by atoms with Gasteiger partial charge in [0.15, 0.2) is 0 Å². The third-order valence-electron chi connectivity index (χ3n) is 10.2. The number of anilines is 5. The van der Waals surface area contributed by atoms with E-state index in [2.05, 4.69) is 199 Å². The largest absolute Gasteiger partial charge is 0.456 e. The van der Waals surface area contributed by atoms with Gasteiger partial charge in [-0.05, 0) is 100 Å². The number of para-hydroxylation sites is 2. The highest BCUT2D eigenvalue weighted by molar-refractivity contribution is 6.06. The van der Waals surface area contributed by atoms with Crippen LogP contribution in [0.2, 0.25) is 0 Å². The highest BCUT2D eigenvalue weighted by Crippen LogP contribution is 2.40. The van der Waals surface area contributed by atoms with E-state index in [-0.39, 0.29) is 0 Å². The average molecular weight is 671 g/mol. The third kappa shape index (κ3) is 6.07. The van der Waals surface area contributed by atoms with Crippen LogP contribution in [0.3, 0.4) is 0 Å². The summed E-state index contributed by atoms with van der Waals surface area (Å²) in [5.74, 6) is 0.810. The Labute approximate surface area is 304 Å². The molecular formula is C49H38N2O. The predicted octanol–water partition coefficient (Wildman–Crippen LogP) is 14.0. The summed E-state index contributed by atoms with van der Waals surface area (Å²) < 4.78 is 6.18. The van der Waals surface area contributed by atoms with Crippen LogP contribution >= 0.6 is 0 Å². The maximum Gasteiger partial charge on any atom is 0.135 e. The molecule has 3 nitrogen and oxygen atoms in total. The van der Waals surface area contributed by atoms with E-state index >= 15 is 0 Å². The Morgan fingerprint density at radius 3 is 1.75 bits per heavy atom. The fourth-order valence-electron chi connectivity index (χ4n) is 7.45. The van der Waals surface area contributed by atoms with E-state index in [4.69, 9.17) is 4.42 Å². The van der Waals surface area contributed by atoms with E-state index in [0.29, 0.717) is 11.8 Å². The van der Waals surface area contributed by atoms with Crippen molar-refractivity contribution in [2.45, 2.75) is 12.8 Å². The van der Waals surface area contributed by atoms with Crippen molar-refractivity contribution in [1.29, 1.82) is 0 Å². The van der Waals surface area contributed by atoms with Gasteiger partial charge in [-0.3, -0.25) is 0 Å². The topological polar surface area (TPSA) is 28.4 Å². The van der Waals surface area contributed by atoms with Crippen molar-refractivity contribution in [2.75, 3.05) is 10.2 Å². The highest BCUT2D eigenvalue weighted by Gasteiger charge is 2.20. The lowest BCUT2D eigenvalue weighted by molar-refractivity contribution is 0.636. The fourth-order valence-corrected chi connectivity index (χ4v) is 7.45. The molecule has 52 heavy (non-hydrogen) atoms. The van der Waals surface area contributed by atoms with Gasteiger partial charge in [-0.2, -0.15) is 0 Å². The zero-order chi connectivity index (χ0) is 34.9. The predicted molar refractivity (Wildman–Crippen MR) is 219 cm³/mol. The summed E-state index contributed by atoms with van der Waals surface area (Å²) in [6.45, 7) is 2.28. The standard InChI is InChI=1S/C49H38N2O/c1-34-11-5-6-14-43(34)44-15-7-9-17-47(44)50-39-25-19-36(20-26-39)38-23-29-41(30-24-38)51(40-27-21-37(22-28-40)35-12-3-2-4-13-35)42-31-32-49-46(33-42)45-16-8-10-18-48(45)52-49/h2-34,43,50H,1H3. The minimum absolute atomic E-state index is 0.355. The average Bonchev–Trinajstić information content (AvgIpc) is 3.58. The Morgan fingerprint density at radius 1 is 0.481 bits per heavy atom. The van der Waals surface area contributed by atoms with Crippen LogP contribution in [0.4, 0.5) is 28.4 Å². The van der Waals surface area contributed by atoms with Gasteiger partial charge in [0.2, 0.25) is 0 Å². The zero-order valence-corrected chi connectivity index (χ0v) is 29.0. The van der Waals surface area contributed by atoms with Crippen LogP contribution in [-0.2, 0) is 0 Å². The summed E-state index contributed by atoms with van der Waals surface area (Å²) in [5, 5.41) is 5.92. The molecule has 0 fully saturated rings. The van der Waals surface area contributed by atoms with Gasteiger partial charge < -0.3 is 14.6 Å². The maximum atomic E-state index is 6.18. The molecule has 9 rings (SSSR count). The SMILES string of the molecule is CC1C=CC=CC1c1ccccc1Nc1ccc(-c2ccc(N(c3ccc(-c4ccccc4)cc3)c3ccc4oc5ccccc5c4c3)cc2)cc1. The molecule has 0 amide bonds. The number of hydrogen-bond donors (Lipinski definition) is 1. The minimum atomic E-state index is 0.355. The molecule has 3 heteroatoms. The Kier molecular flexibility index (Phi) is 8.22. The lowest BCUT2D eigenvalue weighted by Gasteiger charge is -2.26. The van der Waals surface area contributed by atoms with Crippen LogP contribution in [0.15, 0.2) is 199 Å².